The van der Waals surface area contributed by atoms with Crippen molar-refractivity contribution in [2.24, 2.45) is 0 Å². The molecule has 0 aliphatic rings. The second-order valence-corrected chi connectivity index (χ2v) is 5.97. The number of pyridine rings is 1. The fourth-order valence-electron chi connectivity index (χ4n) is 2.60. The lowest BCUT2D eigenvalue weighted by molar-refractivity contribution is 0.685. The lowest BCUT2D eigenvalue weighted by Crippen LogP contribution is -2.00. The number of halogens is 1. The van der Waals surface area contributed by atoms with E-state index in [2.05, 4.69) is 43.3 Å². The Labute approximate surface area is 135 Å². The zero-order valence-corrected chi connectivity index (χ0v) is 13.3. The first kappa shape index (κ1) is 13.3. The van der Waals surface area contributed by atoms with Crippen LogP contribution in [0.1, 0.15) is 5.56 Å². The first-order valence-corrected chi connectivity index (χ1v) is 7.79. The third-order valence-corrected chi connectivity index (χ3v) is 4.47. The lowest BCUT2D eigenvalue weighted by atomic mass is 10.1. The summed E-state index contributed by atoms with van der Waals surface area (Å²) in [6.45, 7) is 0.739. The molecule has 4 nitrogen and oxygen atoms in total. The number of hydrogen-bond acceptors (Lipinski definition) is 2. The number of nitrogens with one attached hydrogen (secondary N) is 1. The standard InChI is InChI=1S/C17H13BrN4/c18-16-4-2-1-3-12(16)10-22-11-13(9-21-22)14-5-7-19-17-15(14)6-8-20-17/h1-9,11H,10H2,(H,19,20). The molecule has 3 aromatic heterocycles. The van der Waals surface area contributed by atoms with E-state index in [9.17, 15) is 0 Å². The van der Waals surface area contributed by atoms with E-state index in [-0.39, 0.29) is 0 Å². The van der Waals surface area contributed by atoms with E-state index in [4.69, 9.17) is 0 Å². The van der Waals surface area contributed by atoms with Gasteiger partial charge in [0.2, 0.25) is 0 Å². The van der Waals surface area contributed by atoms with Crippen molar-refractivity contribution >= 4 is 27.0 Å². The summed E-state index contributed by atoms with van der Waals surface area (Å²) in [7, 11) is 0. The predicted octanol–water partition coefficient (Wildman–Crippen LogP) is 4.24. The molecule has 0 radical (unpaired) electrons. The van der Waals surface area contributed by atoms with Gasteiger partial charge in [0.05, 0.1) is 12.7 Å². The summed E-state index contributed by atoms with van der Waals surface area (Å²) in [4.78, 5) is 7.46. The summed E-state index contributed by atoms with van der Waals surface area (Å²) < 4.78 is 3.05. The molecule has 3 heterocycles. The molecule has 108 valence electrons. The quantitative estimate of drug-likeness (QED) is 0.599. The maximum Gasteiger partial charge on any atom is 0.137 e. The van der Waals surface area contributed by atoms with Crippen molar-refractivity contribution < 1.29 is 0 Å². The maximum absolute atomic E-state index is 4.49. The van der Waals surface area contributed by atoms with Gasteiger partial charge in [-0.1, -0.05) is 34.1 Å². The zero-order valence-electron chi connectivity index (χ0n) is 11.7. The van der Waals surface area contributed by atoms with Gasteiger partial charge in [-0.2, -0.15) is 5.10 Å². The summed E-state index contributed by atoms with van der Waals surface area (Å²) in [5.74, 6) is 0. The third kappa shape index (κ3) is 2.33. The Morgan fingerprint density at radius 3 is 2.95 bits per heavy atom. The Morgan fingerprint density at radius 1 is 1.14 bits per heavy atom. The summed E-state index contributed by atoms with van der Waals surface area (Å²) in [6, 6.07) is 12.3. The number of fused-ring (bicyclic) bond motifs is 1. The minimum absolute atomic E-state index is 0.739. The van der Waals surface area contributed by atoms with E-state index in [1.165, 1.54) is 5.56 Å². The topological polar surface area (TPSA) is 46.5 Å². The van der Waals surface area contributed by atoms with Crippen LogP contribution in [-0.2, 0) is 6.54 Å². The first-order valence-electron chi connectivity index (χ1n) is 6.99. The Balaban J connectivity index is 1.70. The summed E-state index contributed by atoms with van der Waals surface area (Å²) in [6.07, 6.45) is 7.70. The van der Waals surface area contributed by atoms with Gasteiger partial charge in [-0.15, -0.1) is 0 Å². The molecule has 22 heavy (non-hydrogen) atoms. The molecule has 1 N–H and O–H groups in total. The van der Waals surface area contributed by atoms with Crippen molar-refractivity contribution in [3.05, 3.63) is 71.2 Å². The van der Waals surface area contributed by atoms with Crippen LogP contribution in [0.4, 0.5) is 0 Å². The molecule has 0 aliphatic heterocycles. The van der Waals surface area contributed by atoms with Crippen LogP contribution < -0.4 is 0 Å². The second-order valence-electron chi connectivity index (χ2n) is 5.12. The van der Waals surface area contributed by atoms with Crippen LogP contribution in [0, 0.1) is 0 Å². The molecule has 0 unspecified atom stereocenters. The first-order chi connectivity index (χ1) is 10.8. The van der Waals surface area contributed by atoms with Gasteiger partial charge in [0.1, 0.15) is 5.65 Å². The highest BCUT2D eigenvalue weighted by Crippen LogP contribution is 2.26. The Morgan fingerprint density at radius 2 is 2.05 bits per heavy atom. The molecule has 1 aromatic carbocycles. The number of H-pyrrole nitrogens is 1. The van der Waals surface area contributed by atoms with Crippen molar-refractivity contribution in [1.29, 1.82) is 0 Å². The number of hydrogen-bond donors (Lipinski definition) is 1. The molecule has 0 saturated heterocycles. The van der Waals surface area contributed by atoms with E-state index in [1.807, 2.05) is 53.6 Å². The predicted molar refractivity (Wildman–Crippen MR) is 90.6 cm³/mol. The lowest BCUT2D eigenvalue weighted by Gasteiger charge is -2.04. The highest BCUT2D eigenvalue weighted by Gasteiger charge is 2.08. The summed E-state index contributed by atoms with van der Waals surface area (Å²) in [5.41, 5.74) is 4.35. The number of nitrogens with zero attached hydrogens (tertiary/aromatic N) is 3. The molecule has 0 spiro atoms. The van der Waals surface area contributed by atoms with Gasteiger partial charge in [-0.25, -0.2) is 4.98 Å². The van der Waals surface area contributed by atoms with E-state index >= 15 is 0 Å². The van der Waals surface area contributed by atoms with Crippen LogP contribution >= 0.6 is 15.9 Å². The summed E-state index contributed by atoms with van der Waals surface area (Å²) in [5, 5.41) is 5.60. The molecule has 0 atom stereocenters. The number of aromatic amines is 1. The van der Waals surface area contributed by atoms with Crippen LogP contribution in [0.25, 0.3) is 22.2 Å². The van der Waals surface area contributed by atoms with Gasteiger partial charge < -0.3 is 4.98 Å². The highest BCUT2D eigenvalue weighted by atomic mass is 79.9. The molecular formula is C17H13BrN4. The van der Waals surface area contributed by atoms with Crippen molar-refractivity contribution in [1.82, 2.24) is 19.7 Å². The molecule has 0 aliphatic carbocycles. The average Bonchev–Trinajstić information content (AvgIpc) is 3.18. The Hall–Kier alpha value is -2.40. The SMILES string of the molecule is Brc1ccccc1Cn1cc(-c2ccnc3[nH]ccc23)cn1. The smallest absolute Gasteiger partial charge is 0.137 e. The molecule has 0 amide bonds. The van der Waals surface area contributed by atoms with Gasteiger partial charge in [0.25, 0.3) is 0 Å². The van der Waals surface area contributed by atoms with Crippen molar-refractivity contribution in [3.63, 3.8) is 0 Å². The van der Waals surface area contributed by atoms with Crippen LogP contribution in [0.15, 0.2) is 65.7 Å². The maximum atomic E-state index is 4.49. The van der Waals surface area contributed by atoms with Gasteiger partial charge in [-0.3, -0.25) is 4.68 Å². The van der Waals surface area contributed by atoms with Crippen LogP contribution in [0.3, 0.4) is 0 Å². The summed E-state index contributed by atoms with van der Waals surface area (Å²) >= 11 is 3.58. The second kappa shape index (κ2) is 5.42. The molecule has 4 rings (SSSR count). The van der Waals surface area contributed by atoms with Crippen molar-refractivity contribution in [2.75, 3.05) is 0 Å². The van der Waals surface area contributed by atoms with Crippen LogP contribution in [0.2, 0.25) is 0 Å². The van der Waals surface area contributed by atoms with E-state index in [0.717, 1.165) is 33.2 Å². The molecule has 0 saturated carbocycles. The van der Waals surface area contributed by atoms with Crippen molar-refractivity contribution in [2.45, 2.75) is 6.54 Å². The largest absolute Gasteiger partial charge is 0.346 e. The molecule has 0 bridgehead atoms. The molecule has 0 fully saturated rings. The van der Waals surface area contributed by atoms with Gasteiger partial charge in [-0.05, 0) is 29.3 Å². The van der Waals surface area contributed by atoms with Gasteiger partial charge >= 0.3 is 0 Å². The number of aromatic nitrogens is 4. The molecular weight excluding hydrogens is 340 g/mol. The van der Waals surface area contributed by atoms with E-state index in [0.29, 0.717) is 0 Å². The number of benzene rings is 1. The number of rotatable bonds is 3. The van der Waals surface area contributed by atoms with E-state index < -0.39 is 0 Å². The van der Waals surface area contributed by atoms with Crippen LogP contribution in [0.5, 0.6) is 0 Å². The zero-order chi connectivity index (χ0) is 14.9. The van der Waals surface area contributed by atoms with Crippen LogP contribution in [-0.4, -0.2) is 19.7 Å². The Bertz CT molecular complexity index is 938. The van der Waals surface area contributed by atoms with Gasteiger partial charge in [0, 0.05) is 34.0 Å². The van der Waals surface area contributed by atoms with Gasteiger partial charge in [0.15, 0.2) is 0 Å². The minimum Gasteiger partial charge on any atom is -0.346 e. The molecule has 4 aromatic rings. The Kier molecular flexibility index (Phi) is 3.27. The van der Waals surface area contributed by atoms with E-state index in [1.54, 1.807) is 0 Å². The average molecular weight is 353 g/mol. The molecule has 5 heteroatoms. The monoisotopic (exact) mass is 352 g/mol. The normalized spacial score (nSPS) is 11.1. The fraction of sp³-hybridized carbons (Fsp3) is 0.0588. The van der Waals surface area contributed by atoms with Crippen molar-refractivity contribution in [3.8, 4) is 11.1 Å². The third-order valence-electron chi connectivity index (χ3n) is 3.69. The minimum atomic E-state index is 0.739. The highest BCUT2D eigenvalue weighted by molar-refractivity contribution is 9.10. The fourth-order valence-corrected chi connectivity index (χ4v) is 3.01.